The van der Waals surface area contributed by atoms with Crippen LogP contribution in [0, 0.1) is 0 Å². The summed E-state index contributed by atoms with van der Waals surface area (Å²) < 4.78 is 2.22. The standard InChI is InChI=1S/C17H17N5S/c1-2-5-13(6-3-1)16-20-9-10-22(16)11-14-12-23-17(21-14)15-18-7-4-8-19-15/h1-2,4,7-10,12-13H,3,5-6,11H2. The van der Waals surface area contributed by atoms with Crippen molar-refractivity contribution in [1.82, 2.24) is 24.5 Å². The minimum absolute atomic E-state index is 0.519. The Balaban J connectivity index is 1.54. The van der Waals surface area contributed by atoms with Crippen molar-refractivity contribution < 1.29 is 0 Å². The van der Waals surface area contributed by atoms with Crippen LogP contribution in [0.5, 0.6) is 0 Å². The maximum Gasteiger partial charge on any atom is 0.188 e. The SMILES string of the molecule is C1=CCC(c2nccn2Cc2csc(-c3ncccn3)n2)CC1. The van der Waals surface area contributed by atoms with Crippen LogP contribution in [0.1, 0.15) is 36.7 Å². The molecule has 0 spiro atoms. The summed E-state index contributed by atoms with van der Waals surface area (Å²) in [6.07, 6.45) is 15.3. The van der Waals surface area contributed by atoms with E-state index in [-0.39, 0.29) is 0 Å². The summed E-state index contributed by atoms with van der Waals surface area (Å²) in [5.74, 6) is 2.37. The van der Waals surface area contributed by atoms with Gasteiger partial charge >= 0.3 is 0 Å². The normalized spacial score (nSPS) is 17.5. The Morgan fingerprint density at radius 1 is 1.13 bits per heavy atom. The number of imidazole rings is 1. The summed E-state index contributed by atoms with van der Waals surface area (Å²) in [5.41, 5.74) is 1.03. The molecule has 0 fully saturated rings. The number of aromatic nitrogens is 5. The lowest BCUT2D eigenvalue weighted by atomic mass is 9.93. The number of hydrogen-bond acceptors (Lipinski definition) is 5. The molecule has 3 heterocycles. The maximum absolute atomic E-state index is 4.67. The van der Waals surface area contributed by atoms with Crippen molar-refractivity contribution in [2.75, 3.05) is 0 Å². The zero-order chi connectivity index (χ0) is 15.5. The van der Waals surface area contributed by atoms with Crippen LogP contribution >= 0.6 is 11.3 Å². The van der Waals surface area contributed by atoms with Crippen molar-refractivity contribution in [2.45, 2.75) is 31.7 Å². The first-order chi connectivity index (χ1) is 11.4. The van der Waals surface area contributed by atoms with Crippen LogP contribution in [0.2, 0.25) is 0 Å². The van der Waals surface area contributed by atoms with Crippen LogP contribution in [-0.4, -0.2) is 24.5 Å². The Hall–Kier alpha value is -2.34. The molecule has 3 aromatic heterocycles. The molecular weight excluding hydrogens is 306 g/mol. The molecule has 0 amide bonds. The molecule has 0 bridgehead atoms. The predicted molar refractivity (Wildman–Crippen MR) is 90.2 cm³/mol. The summed E-state index contributed by atoms with van der Waals surface area (Å²) in [6.45, 7) is 0.749. The van der Waals surface area contributed by atoms with Crippen LogP contribution in [0.3, 0.4) is 0 Å². The molecule has 0 aromatic carbocycles. The molecule has 0 radical (unpaired) electrons. The van der Waals surface area contributed by atoms with Gasteiger partial charge in [0, 0.05) is 36.1 Å². The minimum Gasteiger partial charge on any atom is -0.329 e. The van der Waals surface area contributed by atoms with E-state index < -0.39 is 0 Å². The van der Waals surface area contributed by atoms with E-state index in [0.717, 1.165) is 30.1 Å². The van der Waals surface area contributed by atoms with Gasteiger partial charge in [-0.15, -0.1) is 11.3 Å². The fourth-order valence-corrected chi connectivity index (χ4v) is 3.66. The van der Waals surface area contributed by atoms with E-state index in [9.17, 15) is 0 Å². The summed E-state index contributed by atoms with van der Waals surface area (Å²) in [6, 6.07) is 1.81. The molecule has 0 aliphatic heterocycles. The van der Waals surface area contributed by atoms with Crippen molar-refractivity contribution in [3.63, 3.8) is 0 Å². The second-order valence-electron chi connectivity index (χ2n) is 5.61. The molecule has 3 aromatic rings. The Kier molecular flexibility index (Phi) is 3.98. The third kappa shape index (κ3) is 3.07. The van der Waals surface area contributed by atoms with Gasteiger partial charge in [0.1, 0.15) is 5.82 Å². The predicted octanol–water partition coefficient (Wildman–Crippen LogP) is 3.67. The van der Waals surface area contributed by atoms with Crippen LogP contribution in [0.15, 0.2) is 48.4 Å². The molecular formula is C17H17N5S. The van der Waals surface area contributed by atoms with Gasteiger partial charge in [-0.3, -0.25) is 0 Å². The zero-order valence-electron chi connectivity index (χ0n) is 12.7. The van der Waals surface area contributed by atoms with E-state index in [4.69, 9.17) is 0 Å². The van der Waals surface area contributed by atoms with E-state index in [1.807, 2.05) is 18.5 Å². The number of thiazole rings is 1. The average molecular weight is 323 g/mol. The van der Waals surface area contributed by atoms with Crippen molar-refractivity contribution in [1.29, 1.82) is 0 Å². The van der Waals surface area contributed by atoms with Gasteiger partial charge in [0.05, 0.1) is 12.2 Å². The van der Waals surface area contributed by atoms with Gasteiger partial charge in [-0.1, -0.05) is 12.2 Å². The van der Waals surface area contributed by atoms with E-state index in [1.165, 1.54) is 12.2 Å². The van der Waals surface area contributed by atoms with Crippen LogP contribution in [0.4, 0.5) is 0 Å². The highest BCUT2D eigenvalue weighted by Gasteiger charge is 2.18. The fraction of sp³-hybridized carbons (Fsp3) is 0.294. The van der Waals surface area contributed by atoms with Crippen molar-refractivity contribution in [3.8, 4) is 10.8 Å². The molecule has 23 heavy (non-hydrogen) atoms. The van der Waals surface area contributed by atoms with E-state index in [1.54, 1.807) is 23.7 Å². The van der Waals surface area contributed by atoms with Gasteiger partial charge in [0.25, 0.3) is 0 Å². The highest BCUT2D eigenvalue weighted by Crippen LogP contribution is 2.28. The molecule has 0 saturated heterocycles. The zero-order valence-corrected chi connectivity index (χ0v) is 13.5. The molecule has 6 heteroatoms. The minimum atomic E-state index is 0.519. The Morgan fingerprint density at radius 2 is 2.04 bits per heavy atom. The fourth-order valence-electron chi connectivity index (χ4n) is 2.91. The topological polar surface area (TPSA) is 56.5 Å². The van der Waals surface area contributed by atoms with E-state index >= 15 is 0 Å². The number of allylic oxidation sites excluding steroid dienone is 2. The summed E-state index contributed by atoms with van der Waals surface area (Å²) in [4.78, 5) is 17.8. The lowest BCUT2D eigenvalue weighted by Crippen LogP contribution is -2.11. The monoisotopic (exact) mass is 323 g/mol. The molecule has 4 rings (SSSR count). The van der Waals surface area contributed by atoms with E-state index in [2.05, 4.69) is 42.0 Å². The first-order valence-electron chi connectivity index (χ1n) is 7.78. The highest BCUT2D eigenvalue weighted by molar-refractivity contribution is 7.13. The van der Waals surface area contributed by atoms with Gasteiger partial charge in [-0.05, 0) is 25.3 Å². The van der Waals surface area contributed by atoms with Gasteiger partial charge in [0.15, 0.2) is 10.8 Å². The first-order valence-corrected chi connectivity index (χ1v) is 8.66. The third-order valence-corrected chi connectivity index (χ3v) is 4.91. The largest absolute Gasteiger partial charge is 0.329 e. The number of nitrogens with zero attached hydrogens (tertiary/aromatic N) is 5. The number of hydrogen-bond donors (Lipinski definition) is 0. The van der Waals surface area contributed by atoms with Crippen LogP contribution < -0.4 is 0 Å². The lowest BCUT2D eigenvalue weighted by Gasteiger charge is -2.18. The average Bonchev–Trinajstić information content (AvgIpc) is 3.26. The molecule has 116 valence electrons. The number of rotatable bonds is 4. The maximum atomic E-state index is 4.67. The quantitative estimate of drug-likeness (QED) is 0.687. The Labute approximate surface area is 138 Å². The van der Waals surface area contributed by atoms with Gasteiger partial charge < -0.3 is 4.57 Å². The van der Waals surface area contributed by atoms with Crippen LogP contribution in [0.25, 0.3) is 10.8 Å². The Morgan fingerprint density at radius 3 is 2.87 bits per heavy atom. The van der Waals surface area contributed by atoms with Gasteiger partial charge in [-0.25, -0.2) is 19.9 Å². The lowest BCUT2D eigenvalue weighted by molar-refractivity contribution is 0.549. The molecule has 0 N–H and O–H groups in total. The molecule has 1 unspecified atom stereocenters. The molecule has 0 saturated carbocycles. The van der Waals surface area contributed by atoms with Crippen molar-refractivity contribution in [2.24, 2.45) is 0 Å². The third-order valence-electron chi connectivity index (χ3n) is 4.02. The van der Waals surface area contributed by atoms with E-state index in [0.29, 0.717) is 11.7 Å². The van der Waals surface area contributed by atoms with Crippen molar-refractivity contribution in [3.05, 3.63) is 59.9 Å². The second-order valence-corrected chi connectivity index (χ2v) is 6.47. The molecule has 1 aliphatic carbocycles. The highest BCUT2D eigenvalue weighted by atomic mass is 32.1. The molecule has 1 atom stereocenters. The first kappa shape index (κ1) is 14.3. The Bertz CT molecular complexity index is 805. The summed E-state index contributed by atoms with van der Waals surface area (Å²) in [7, 11) is 0. The smallest absolute Gasteiger partial charge is 0.188 e. The summed E-state index contributed by atoms with van der Waals surface area (Å²) >= 11 is 1.58. The molecule has 5 nitrogen and oxygen atoms in total. The summed E-state index contributed by atoms with van der Waals surface area (Å²) in [5, 5.41) is 2.94. The second kappa shape index (κ2) is 6.42. The van der Waals surface area contributed by atoms with Gasteiger partial charge in [0.2, 0.25) is 0 Å². The molecule has 1 aliphatic rings. The van der Waals surface area contributed by atoms with Crippen LogP contribution in [-0.2, 0) is 6.54 Å². The van der Waals surface area contributed by atoms with Gasteiger partial charge in [-0.2, -0.15) is 0 Å². The van der Waals surface area contributed by atoms with Crippen molar-refractivity contribution >= 4 is 11.3 Å².